The first-order chi connectivity index (χ1) is 7.66. The van der Waals surface area contributed by atoms with Crippen LogP contribution in [0.1, 0.15) is 26.3 Å². The van der Waals surface area contributed by atoms with Crippen molar-refractivity contribution in [1.29, 1.82) is 0 Å². The van der Waals surface area contributed by atoms with E-state index in [1.165, 1.54) is 5.56 Å². The number of aliphatic imine (C=N–C) groups is 1. The lowest BCUT2D eigenvalue weighted by molar-refractivity contribution is 1.27. The van der Waals surface area contributed by atoms with Crippen LogP contribution in [0.15, 0.2) is 53.9 Å². The minimum Gasteiger partial charge on any atom is -0.273 e. The van der Waals surface area contributed by atoms with Gasteiger partial charge in [-0.2, -0.15) is 0 Å². The molecule has 0 bridgehead atoms. The van der Waals surface area contributed by atoms with Crippen molar-refractivity contribution in [1.82, 2.24) is 4.98 Å². The molecule has 2 heteroatoms. The van der Waals surface area contributed by atoms with Crippen molar-refractivity contribution in [3.63, 3.8) is 0 Å². The lowest BCUT2D eigenvalue weighted by Gasteiger charge is -1.82. The molecule has 0 fully saturated rings. The highest BCUT2D eigenvalue weighted by molar-refractivity contribution is 5.26. The van der Waals surface area contributed by atoms with Crippen LogP contribution in [-0.2, 0) is 0 Å². The van der Waals surface area contributed by atoms with Gasteiger partial charge in [0.05, 0.1) is 0 Å². The molecule has 0 atom stereocenters. The summed E-state index contributed by atoms with van der Waals surface area (Å²) in [6.45, 7) is 14.8. The molecule has 16 heavy (non-hydrogen) atoms. The van der Waals surface area contributed by atoms with Gasteiger partial charge in [-0.25, -0.2) is 0 Å². The molecule has 0 aliphatic carbocycles. The second-order valence-corrected chi connectivity index (χ2v) is 2.88. The van der Waals surface area contributed by atoms with E-state index in [9.17, 15) is 0 Å². The second kappa shape index (κ2) is 13.3. The summed E-state index contributed by atoms with van der Waals surface area (Å²) >= 11 is 0. The van der Waals surface area contributed by atoms with Crippen LogP contribution in [0, 0.1) is 6.92 Å². The van der Waals surface area contributed by atoms with Crippen molar-refractivity contribution in [2.45, 2.75) is 27.7 Å². The third kappa shape index (κ3) is 14.8. The Bertz CT molecular complexity index is 300. The highest BCUT2D eigenvalue weighted by Gasteiger charge is 1.73. The SMILES string of the molecule is C=N/C=C\C(=C)C.CC.Cc1cccnc1. The average Bonchev–Trinajstić information content (AvgIpc) is 2.31. The van der Waals surface area contributed by atoms with Crippen LogP contribution in [0.25, 0.3) is 0 Å². The largest absolute Gasteiger partial charge is 0.273 e. The van der Waals surface area contributed by atoms with Crippen molar-refractivity contribution in [3.8, 4) is 0 Å². The molecule has 1 heterocycles. The molecule has 88 valence electrons. The summed E-state index contributed by atoms with van der Waals surface area (Å²) in [5, 5.41) is 0. The third-order valence-corrected chi connectivity index (χ3v) is 1.27. The quantitative estimate of drug-likeness (QED) is 0.539. The van der Waals surface area contributed by atoms with Crippen LogP contribution in [0.3, 0.4) is 0 Å². The number of rotatable bonds is 2. The lowest BCUT2D eigenvalue weighted by Crippen LogP contribution is -1.69. The van der Waals surface area contributed by atoms with Gasteiger partial charge < -0.3 is 0 Å². The molecule has 0 N–H and O–H groups in total. The van der Waals surface area contributed by atoms with E-state index in [0.717, 1.165) is 5.57 Å². The van der Waals surface area contributed by atoms with Gasteiger partial charge in [0, 0.05) is 18.6 Å². The Kier molecular flexibility index (Phi) is 13.9. The molecule has 0 aromatic carbocycles. The molecule has 0 saturated carbocycles. The first kappa shape index (κ1) is 16.7. The average molecular weight is 218 g/mol. The standard InChI is InChI=1S/C6H7N.C6H9N.C2H6/c1-6-3-2-4-7-5-6;1-6(2)4-5-7-3;1-2/h2-5H,1H3;4-5H,1,3H2,2H3;1-2H3/b;5-4-;. The van der Waals surface area contributed by atoms with E-state index in [-0.39, 0.29) is 0 Å². The fourth-order valence-electron chi connectivity index (χ4n) is 0.628. The highest BCUT2D eigenvalue weighted by atomic mass is 14.6. The first-order valence-electron chi connectivity index (χ1n) is 5.31. The third-order valence-electron chi connectivity index (χ3n) is 1.27. The normalized spacial score (nSPS) is 8.25. The molecule has 0 unspecified atom stereocenters. The van der Waals surface area contributed by atoms with Crippen molar-refractivity contribution in [2.75, 3.05) is 0 Å². The summed E-state index contributed by atoms with van der Waals surface area (Å²) in [7, 11) is 0. The van der Waals surface area contributed by atoms with Gasteiger partial charge in [-0.15, -0.1) is 0 Å². The molecular weight excluding hydrogens is 196 g/mol. The Hall–Kier alpha value is -1.70. The van der Waals surface area contributed by atoms with E-state index in [4.69, 9.17) is 0 Å². The van der Waals surface area contributed by atoms with E-state index >= 15 is 0 Å². The molecule has 1 rings (SSSR count). The molecule has 1 aromatic rings. The van der Waals surface area contributed by atoms with E-state index in [1.807, 2.05) is 46.0 Å². The topological polar surface area (TPSA) is 25.2 Å². The van der Waals surface area contributed by atoms with Crippen LogP contribution in [0.5, 0.6) is 0 Å². The van der Waals surface area contributed by atoms with E-state index in [0.29, 0.717) is 0 Å². The van der Waals surface area contributed by atoms with Gasteiger partial charge in [-0.05, 0) is 38.3 Å². The van der Waals surface area contributed by atoms with Crippen molar-refractivity contribution < 1.29 is 0 Å². The van der Waals surface area contributed by atoms with Crippen LogP contribution < -0.4 is 0 Å². The van der Waals surface area contributed by atoms with Crippen molar-refractivity contribution in [3.05, 3.63) is 54.5 Å². The minimum atomic E-state index is 0.993. The Morgan fingerprint density at radius 2 is 2.06 bits per heavy atom. The summed E-state index contributed by atoms with van der Waals surface area (Å²) in [6.07, 6.45) is 7.02. The second-order valence-electron chi connectivity index (χ2n) is 2.88. The van der Waals surface area contributed by atoms with Crippen LogP contribution in [0.4, 0.5) is 0 Å². The number of pyridine rings is 1. The fraction of sp³-hybridized carbons (Fsp3) is 0.286. The number of hydrogen-bond acceptors (Lipinski definition) is 2. The summed E-state index contributed by atoms with van der Waals surface area (Å²) < 4.78 is 0. The Morgan fingerprint density at radius 1 is 1.44 bits per heavy atom. The molecule has 0 radical (unpaired) electrons. The number of hydrogen-bond donors (Lipinski definition) is 0. The predicted octanol–water partition coefficient (Wildman–Crippen LogP) is 4.19. The Morgan fingerprint density at radius 3 is 2.25 bits per heavy atom. The van der Waals surface area contributed by atoms with E-state index < -0.39 is 0 Å². The number of aromatic nitrogens is 1. The lowest BCUT2D eigenvalue weighted by atomic mass is 10.3. The highest BCUT2D eigenvalue weighted by Crippen LogP contribution is 1.88. The molecule has 0 aliphatic heterocycles. The summed E-state index contributed by atoms with van der Waals surface area (Å²) in [5.74, 6) is 0. The zero-order valence-electron chi connectivity index (χ0n) is 10.8. The molecule has 0 aliphatic rings. The Labute approximate surface area is 99.5 Å². The van der Waals surface area contributed by atoms with Crippen LogP contribution in [-0.4, -0.2) is 11.7 Å². The zero-order chi connectivity index (χ0) is 12.8. The van der Waals surface area contributed by atoms with Gasteiger partial charge in [-0.3, -0.25) is 9.98 Å². The number of allylic oxidation sites excluding steroid dienone is 2. The number of nitrogens with zero attached hydrogens (tertiary/aromatic N) is 2. The molecule has 0 amide bonds. The van der Waals surface area contributed by atoms with Gasteiger partial charge in [0.25, 0.3) is 0 Å². The van der Waals surface area contributed by atoms with Crippen molar-refractivity contribution in [2.24, 2.45) is 4.99 Å². The fourth-order valence-corrected chi connectivity index (χ4v) is 0.628. The smallest absolute Gasteiger partial charge is 0.0297 e. The predicted molar refractivity (Wildman–Crippen MR) is 73.8 cm³/mol. The minimum absolute atomic E-state index is 0.993. The monoisotopic (exact) mass is 218 g/mol. The number of aryl methyl sites for hydroxylation is 1. The summed E-state index contributed by atoms with van der Waals surface area (Å²) in [4.78, 5) is 7.37. The zero-order valence-corrected chi connectivity index (χ0v) is 10.8. The van der Waals surface area contributed by atoms with Crippen molar-refractivity contribution >= 4 is 6.72 Å². The molecule has 2 nitrogen and oxygen atoms in total. The van der Waals surface area contributed by atoms with Gasteiger partial charge >= 0.3 is 0 Å². The first-order valence-corrected chi connectivity index (χ1v) is 5.31. The molecule has 1 aromatic heterocycles. The van der Waals surface area contributed by atoms with Gasteiger partial charge in [0.15, 0.2) is 0 Å². The van der Waals surface area contributed by atoms with E-state index in [1.54, 1.807) is 18.5 Å². The molecule has 0 saturated heterocycles. The Balaban J connectivity index is 0. The van der Waals surface area contributed by atoms with E-state index in [2.05, 4.69) is 23.3 Å². The summed E-state index contributed by atoms with van der Waals surface area (Å²) in [6, 6.07) is 3.95. The van der Waals surface area contributed by atoms with Crippen LogP contribution in [0.2, 0.25) is 0 Å². The maximum Gasteiger partial charge on any atom is 0.0297 e. The molecule has 0 spiro atoms. The maximum atomic E-state index is 3.88. The summed E-state index contributed by atoms with van der Waals surface area (Å²) in [5.41, 5.74) is 2.20. The molecular formula is C14H22N2. The maximum absolute atomic E-state index is 3.88. The van der Waals surface area contributed by atoms with Gasteiger partial charge in [-0.1, -0.05) is 32.1 Å². The van der Waals surface area contributed by atoms with Gasteiger partial charge in [0.2, 0.25) is 0 Å². The van der Waals surface area contributed by atoms with Gasteiger partial charge in [0.1, 0.15) is 0 Å². The van der Waals surface area contributed by atoms with Crippen LogP contribution >= 0.6 is 0 Å².